The molecule has 4 rings (SSSR count). The molecular formula is C25H22N4O2S. The van der Waals surface area contributed by atoms with Crippen molar-refractivity contribution in [3.05, 3.63) is 101 Å². The van der Waals surface area contributed by atoms with E-state index in [1.165, 1.54) is 11.3 Å². The van der Waals surface area contributed by atoms with Crippen molar-refractivity contribution in [2.45, 2.75) is 6.54 Å². The molecule has 0 unspecified atom stereocenters. The fraction of sp³-hybridized carbons (Fsp3) is 0.0800. The van der Waals surface area contributed by atoms with Crippen molar-refractivity contribution >= 4 is 34.0 Å². The quantitative estimate of drug-likeness (QED) is 0.435. The number of hydrogen-bond donors (Lipinski definition) is 2. The van der Waals surface area contributed by atoms with Crippen molar-refractivity contribution in [3.63, 3.8) is 0 Å². The maximum Gasteiger partial charge on any atom is 0.254 e. The van der Waals surface area contributed by atoms with Crippen LogP contribution in [-0.2, 0) is 11.3 Å². The third-order valence-corrected chi connectivity index (χ3v) is 5.52. The molecule has 3 aromatic carbocycles. The summed E-state index contributed by atoms with van der Waals surface area (Å²) in [5.74, 6) is -0.461. The number of amides is 2. The lowest BCUT2D eigenvalue weighted by atomic mass is 10.1. The summed E-state index contributed by atoms with van der Waals surface area (Å²) in [5, 5.41) is 5.27. The van der Waals surface area contributed by atoms with Gasteiger partial charge in [0, 0.05) is 28.7 Å². The van der Waals surface area contributed by atoms with Crippen LogP contribution < -0.4 is 11.1 Å². The van der Waals surface area contributed by atoms with E-state index in [1.54, 1.807) is 17.0 Å². The van der Waals surface area contributed by atoms with Crippen molar-refractivity contribution in [3.8, 4) is 11.3 Å². The van der Waals surface area contributed by atoms with Crippen molar-refractivity contribution in [1.29, 1.82) is 0 Å². The summed E-state index contributed by atoms with van der Waals surface area (Å²) in [7, 11) is 0. The minimum atomic E-state index is -0.268. The topological polar surface area (TPSA) is 88.3 Å². The van der Waals surface area contributed by atoms with Crippen LogP contribution in [0.4, 0.5) is 10.8 Å². The molecule has 0 fully saturated rings. The number of thiazole rings is 1. The van der Waals surface area contributed by atoms with Crippen molar-refractivity contribution in [1.82, 2.24) is 9.88 Å². The monoisotopic (exact) mass is 442 g/mol. The number of aromatic nitrogens is 1. The highest BCUT2D eigenvalue weighted by atomic mass is 32.1. The van der Waals surface area contributed by atoms with E-state index in [2.05, 4.69) is 10.3 Å². The van der Waals surface area contributed by atoms with Gasteiger partial charge in [0.15, 0.2) is 5.13 Å². The van der Waals surface area contributed by atoms with Crippen LogP contribution in [0.5, 0.6) is 0 Å². The van der Waals surface area contributed by atoms with Gasteiger partial charge in [0.25, 0.3) is 5.91 Å². The minimum Gasteiger partial charge on any atom is -0.375 e. The Balaban J connectivity index is 1.46. The lowest BCUT2D eigenvalue weighted by Gasteiger charge is -2.22. The lowest BCUT2D eigenvalue weighted by Crippen LogP contribution is -2.37. The number of benzene rings is 3. The van der Waals surface area contributed by atoms with E-state index in [0.29, 0.717) is 22.9 Å². The molecule has 160 valence electrons. The van der Waals surface area contributed by atoms with Crippen molar-refractivity contribution in [2.24, 2.45) is 0 Å². The molecule has 0 aliphatic heterocycles. The molecule has 3 N–H and O–H groups in total. The van der Waals surface area contributed by atoms with Gasteiger partial charge in [-0.1, -0.05) is 60.7 Å². The Bertz CT molecular complexity index is 1190. The molecule has 0 spiro atoms. The maximum atomic E-state index is 13.1. The zero-order valence-electron chi connectivity index (χ0n) is 17.3. The molecule has 32 heavy (non-hydrogen) atoms. The number of nitrogens with zero attached hydrogens (tertiary/aromatic N) is 2. The van der Waals surface area contributed by atoms with Gasteiger partial charge in [-0.05, 0) is 29.8 Å². The predicted octanol–water partition coefficient (Wildman–Crippen LogP) is 4.67. The Labute approximate surface area is 190 Å². The van der Waals surface area contributed by atoms with Crippen molar-refractivity contribution < 1.29 is 9.59 Å². The van der Waals surface area contributed by atoms with Gasteiger partial charge in [0.2, 0.25) is 5.91 Å². The first-order valence-electron chi connectivity index (χ1n) is 10.1. The zero-order valence-corrected chi connectivity index (χ0v) is 18.1. The van der Waals surface area contributed by atoms with E-state index in [1.807, 2.05) is 78.2 Å². The Morgan fingerprint density at radius 3 is 2.19 bits per heavy atom. The fourth-order valence-corrected chi connectivity index (χ4v) is 3.86. The molecule has 0 saturated heterocycles. The molecule has 2 amide bonds. The predicted molar refractivity (Wildman–Crippen MR) is 128 cm³/mol. The molecule has 0 aliphatic rings. The van der Waals surface area contributed by atoms with Gasteiger partial charge in [-0.15, -0.1) is 11.3 Å². The van der Waals surface area contributed by atoms with Gasteiger partial charge in [0.1, 0.15) is 6.54 Å². The summed E-state index contributed by atoms with van der Waals surface area (Å²) in [6, 6.07) is 26.0. The molecule has 0 saturated carbocycles. The summed E-state index contributed by atoms with van der Waals surface area (Å²) >= 11 is 1.38. The molecule has 7 heteroatoms. The molecule has 0 radical (unpaired) electrons. The Morgan fingerprint density at radius 1 is 0.906 bits per heavy atom. The van der Waals surface area contributed by atoms with Gasteiger partial charge >= 0.3 is 0 Å². The molecule has 4 aromatic rings. The summed E-state index contributed by atoms with van der Waals surface area (Å²) in [5.41, 5.74) is 9.56. The van der Waals surface area contributed by atoms with E-state index in [4.69, 9.17) is 5.73 Å². The van der Waals surface area contributed by atoms with Crippen LogP contribution in [0.1, 0.15) is 15.9 Å². The average Bonchev–Trinajstić information content (AvgIpc) is 3.26. The van der Waals surface area contributed by atoms with Crippen LogP contribution in [0.2, 0.25) is 0 Å². The number of anilines is 2. The molecule has 0 atom stereocenters. The van der Waals surface area contributed by atoms with Crippen LogP contribution >= 0.6 is 11.3 Å². The minimum absolute atomic E-state index is 0.0625. The molecule has 1 heterocycles. The molecule has 0 aliphatic carbocycles. The third kappa shape index (κ3) is 5.39. The standard InChI is InChI=1S/C25H22N4O2S/c26-25-28-22(17-32-25)19-11-13-21(14-12-19)27-23(30)16-29(15-18-7-3-1-4-8-18)24(31)20-9-5-2-6-10-20/h1-14,17H,15-16H2,(H2,26,28)(H,27,30). The smallest absolute Gasteiger partial charge is 0.254 e. The van der Waals surface area contributed by atoms with Crippen LogP contribution in [0, 0.1) is 0 Å². The number of carbonyl (C=O) groups is 2. The van der Waals surface area contributed by atoms with E-state index < -0.39 is 0 Å². The van der Waals surface area contributed by atoms with Crippen molar-refractivity contribution in [2.75, 3.05) is 17.6 Å². The third-order valence-electron chi connectivity index (χ3n) is 4.85. The number of rotatable bonds is 7. The normalized spacial score (nSPS) is 10.5. The number of nitrogens with two attached hydrogens (primary N) is 1. The van der Waals surface area contributed by atoms with Crippen LogP contribution in [0.15, 0.2) is 90.3 Å². The average molecular weight is 443 g/mol. The first-order chi connectivity index (χ1) is 15.6. The summed E-state index contributed by atoms with van der Waals surface area (Å²) in [6.07, 6.45) is 0. The molecule has 6 nitrogen and oxygen atoms in total. The second-order valence-electron chi connectivity index (χ2n) is 7.21. The Hall–Kier alpha value is -3.97. The summed E-state index contributed by atoms with van der Waals surface area (Å²) < 4.78 is 0. The first-order valence-corrected chi connectivity index (χ1v) is 11.0. The van der Waals surface area contributed by atoms with E-state index in [-0.39, 0.29) is 18.4 Å². The zero-order chi connectivity index (χ0) is 22.3. The van der Waals surface area contributed by atoms with Crippen LogP contribution in [-0.4, -0.2) is 28.2 Å². The second-order valence-corrected chi connectivity index (χ2v) is 8.10. The molecule has 0 bridgehead atoms. The Kier molecular flexibility index (Phi) is 6.57. The first kappa shape index (κ1) is 21.3. The lowest BCUT2D eigenvalue weighted by molar-refractivity contribution is -0.117. The second kappa shape index (κ2) is 9.89. The maximum absolute atomic E-state index is 13.1. The van der Waals surface area contributed by atoms with E-state index >= 15 is 0 Å². The van der Waals surface area contributed by atoms with Crippen LogP contribution in [0.3, 0.4) is 0 Å². The highest BCUT2D eigenvalue weighted by molar-refractivity contribution is 7.13. The summed E-state index contributed by atoms with van der Waals surface area (Å²) in [6.45, 7) is 0.277. The van der Waals surface area contributed by atoms with Gasteiger partial charge in [0.05, 0.1) is 5.69 Å². The molecule has 1 aromatic heterocycles. The Morgan fingerprint density at radius 2 is 1.56 bits per heavy atom. The highest BCUT2D eigenvalue weighted by Gasteiger charge is 2.19. The highest BCUT2D eigenvalue weighted by Crippen LogP contribution is 2.24. The number of hydrogen-bond acceptors (Lipinski definition) is 5. The fourth-order valence-electron chi connectivity index (χ4n) is 3.29. The van der Waals surface area contributed by atoms with Crippen LogP contribution in [0.25, 0.3) is 11.3 Å². The largest absolute Gasteiger partial charge is 0.375 e. The van der Waals surface area contributed by atoms with E-state index in [9.17, 15) is 9.59 Å². The number of carbonyl (C=O) groups excluding carboxylic acids is 2. The van der Waals surface area contributed by atoms with E-state index in [0.717, 1.165) is 16.8 Å². The van der Waals surface area contributed by atoms with Gasteiger partial charge < -0.3 is 16.0 Å². The SMILES string of the molecule is Nc1nc(-c2ccc(NC(=O)CN(Cc3ccccc3)C(=O)c3ccccc3)cc2)cs1. The van der Waals surface area contributed by atoms with Gasteiger partial charge in [-0.2, -0.15) is 0 Å². The number of nitrogens with one attached hydrogen (secondary N) is 1. The van der Waals surface area contributed by atoms with Gasteiger partial charge in [-0.25, -0.2) is 4.98 Å². The molecular weight excluding hydrogens is 420 g/mol. The van der Waals surface area contributed by atoms with Gasteiger partial charge in [-0.3, -0.25) is 9.59 Å². The summed E-state index contributed by atoms with van der Waals surface area (Å²) in [4.78, 5) is 31.7. The number of nitrogen functional groups attached to an aromatic ring is 1.